The van der Waals surface area contributed by atoms with Crippen LogP contribution in [0.25, 0.3) is 0 Å². The van der Waals surface area contributed by atoms with Crippen LogP contribution in [-0.2, 0) is 4.74 Å². The van der Waals surface area contributed by atoms with Gasteiger partial charge in [0.05, 0.1) is 10.5 Å². The maximum Gasteiger partial charge on any atom is 0.338 e. The number of esters is 1. The Labute approximate surface area is 154 Å². The second kappa shape index (κ2) is 7.67. The molecule has 0 radical (unpaired) electrons. The van der Waals surface area contributed by atoms with Crippen molar-refractivity contribution in [2.75, 3.05) is 6.61 Å². The van der Waals surface area contributed by atoms with Crippen LogP contribution >= 0.6 is 31.9 Å². The molecule has 0 saturated carbocycles. The fourth-order valence-corrected chi connectivity index (χ4v) is 3.04. The summed E-state index contributed by atoms with van der Waals surface area (Å²) in [6.45, 7) is 1.37. The Kier molecular flexibility index (Phi) is 5.84. The van der Waals surface area contributed by atoms with Gasteiger partial charge in [-0.05, 0) is 24.6 Å². The second-order valence-electron chi connectivity index (χ2n) is 4.87. The number of ketones is 1. The van der Waals surface area contributed by atoms with Gasteiger partial charge in [0.1, 0.15) is 0 Å². The van der Waals surface area contributed by atoms with Gasteiger partial charge < -0.3 is 4.74 Å². The van der Waals surface area contributed by atoms with Gasteiger partial charge in [0.15, 0.2) is 6.61 Å². The second-order valence-corrected chi connectivity index (χ2v) is 6.58. The average molecular weight is 457 g/mol. The van der Waals surface area contributed by atoms with Crippen molar-refractivity contribution in [2.24, 2.45) is 0 Å². The van der Waals surface area contributed by atoms with Crippen LogP contribution in [0.2, 0.25) is 0 Å². The van der Waals surface area contributed by atoms with Crippen molar-refractivity contribution in [3.05, 3.63) is 72.1 Å². The molecule has 124 valence electrons. The van der Waals surface area contributed by atoms with Crippen LogP contribution in [0.15, 0.2) is 45.3 Å². The molecule has 0 aliphatic carbocycles. The molecule has 0 spiro atoms. The van der Waals surface area contributed by atoms with E-state index in [1.54, 1.807) is 12.1 Å². The zero-order chi connectivity index (χ0) is 17.9. The zero-order valence-electron chi connectivity index (χ0n) is 12.4. The summed E-state index contributed by atoms with van der Waals surface area (Å²) in [6, 6.07) is 8.46. The first kappa shape index (κ1) is 18.3. The lowest BCUT2D eigenvalue weighted by Gasteiger charge is -2.07. The van der Waals surface area contributed by atoms with Gasteiger partial charge in [-0.15, -0.1) is 0 Å². The van der Waals surface area contributed by atoms with E-state index < -0.39 is 23.3 Å². The SMILES string of the molecule is Cc1c(Br)cc(C(=O)OCC(=O)c2cccc([N+](=O)[O-])c2)cc1Br. The molecule has 2 aromatic carbocycles. The standard InChI is InChI=1S/C16H11Br2NO5/c1-9-13(17)6-11(7-14(9)18)16(21)24-8-15(20)10-3-2-4-12(5-10)19(22)23/h2-7H,8H2,1H3. The molecule has 0 aliphatic rings. The molecule has 0 bridgehead atoms. The summed E-state index contributed by atoms with van der Waals surface area (Å²) < 4.78 is 6.46. The first-order valence-corrected chi connectivity index (χ1v) is 8.28. The van der Waals surface area contributed by atoms with E-state index >= 15 is 0 Å². The molecule has 2 aromatic rings. The summed E-state index contributed by atoms with van der Waals surface area (Å²) >= 11 is 6.67. The summed E-state index contributed by atoms with van der Waals surface area (Å²) in [5.74, 6) is -1.17. The van der Waals surface area contributed by atoms with Crippen molar-refractivity contribution < 1.29 is 19.2 Å². The quantitative estimate of drug-likeness (QED) is 0.286. The van der Waals surface area contributed by atoms with E-state index in [2.05, 4.69) is 31.9 Å². The largest absolute Gasteiger partial charge is 0.454 e. The third-order valence-electron chi connectivity index (χ3n) is 3.23. The van der Waals surface area contributed by atoms with Crippen LogP contribution in [0.4, 0.5) is 5.69 Å². The number of non-ortho nitro benzene ring substituents is 1. The Hall–Kier alpha value is -2.06. The molecule has 0 N–H and O–H groups in total. The predicted octanol–water partition coefficient (Wildman–Crippen LogP) is 4.47. The highest BCUT2D eigenvalue weighted by Gasteiger charge is 2.16. The Morgan fingerprint density at radius 3 is 2.33 bits per heavy atom. The van der Waals surface area contributed by atoms with Gasteiger partial charge in [0.25, 0.3) is 5.69 Å². The van der Waals surface area contributed by atoms with Crippen LogP contribution in [0.1, 0.15) is 26.3 Å². The number of carbonyl (C=O) groups excluding carboxylic acids is 2. The highest BCUT2D eigenvalue weighted by molar-refractivity contribution is 9.11. The van der Waals surface area contributed by atoms with E-state index in [1.165, 1.54) is 18.2 Å². The molecule has 24 heavy (non-hydrogen) atoms. The Bertz CT molecular complexity index is 812. The molecule has 0 aliphatic heterocycles. The van der Waals surface area contributed by atoms with E-state index in [1.807, 2.05) is 6.92 Å². The maximum absolute atomic E-state index is 12.0. The molecule has 8 heteroatoms. The molecule has 0 unspecified atom stereocenters. The molecule has 0 atom stereocenters. The summed E-state index contributed by atoms with van der Waals surface area (Å²) in [4.78, 5) is 34.2. The highest BCUT2D eigenvalue weighted by Crippen LogP contribution is 2.26. The summed E-state index contributed by atoms with van der Waals surface area (Å²) in [6.07, 6.45) is 0. The summed E-state index contributed by atoms with van der Waals surface area (Å²) in [5, 5.41) is 10.7. The third-order valence-corrected chi connectivity index (χ3v) is 4.88. The predicted molar refractivity (Wildman–Crippen MR) is 94.3 cm³/mol. The maximum atomic E-state index is 12.0. The number of nitro benzene ring substituents is 1. The van der Waals surface area contributed by atoms with Crippen molar-refractivity contribution in [3.8, 4) is 0 Å². The molecule has 0 aromatic heterocycles. The fourth-order valence-electron chi connectivity index (χ4n) is 1.85. The lowest BCUT2D eigenvalue weighted by molar-refractivity contribution is -0.384. The first-order valence-electron chi connectivity index (χ1n) is 6.70. The fraction of sp³-hybridized carbons (Fsp3) is 0.125. The number of carbonyl (C=O) groups is 2. The number of Topliss-reactive ketones (excluding diaryl/α,β-unsaturated/α-hetero) is 1. The topological polar surface area (TPSA) is 86.5 Å². The van der Waals surface area contributed by atoms with Gasteiger partial charge in [-0.3, -0.25) is 14.9 Å². The van der Waals surface area contributed by atoms with Crippen LogP contribution in [0, 0.1) is 17.0 Å². The molecule has 0 fully saturated rings. The molecule has 6 nitrogen and oxygen atoms in total. The van der Waals surface area contributed by atoms with Crippen LogP contribution in [-0.4, -0.2) is 23.3 Å². The minimum atomic E-state index is -0.657. The number of halogens is 2. The number of hydrogen-bond acceptors (Lipinski definition) is 5. The van der Waals surface area contributed by atoms with Crippen LogP contribution < -0.4 is 0 Å². The van der Waals surface area contributed by atoms with Crippen molar-refractivity contribution in [2.45, 2.75) is 6.92 Å². The van der Waals surface area contributed by atoms with Gasteiger partial charge in [0, 0.05) is 26.6 Å². The van der Waals surface area contributed by atoms with Crippen molar-refractivity contribution in [3.63, 3.8) is 0 Å². The summed E-state index contributed by atoms with van der Waals surface area (Å²) in [5.41, 5.74) is 1.13. The van der Waals surface area contributed by atoms with Crippen LogP contribution in [0.3, 0.4) is 0 Å². The van der Waals surface area contributed by atoms with E-state index in [-0.39, 0.29) is 16.8 Å². The monoisotopic (exact) mass is 455 g/mol. The number of ether oxygens (including phenoxy) is 1. The number of nitro groups is 1. The number of nitrogens with zero attached hydrogens (tertiary/aromatic N) is 1. The van der Waals surface area contributed by atoms with E-state index in [0.717, 1.165) is 20.6 Å². The lowest BCUT2D eigenvalue weighted by Crippen LogP contribution is -2.14. The van der Waals surface area contributed by atoms with Gasteiger partial charge in [-0.2, -0.15) is 0 Å². The number of hydrogen-bond donors (Lipinski definition) is 0. The number of benzene rings is 2. The highest BCUT2D eigenvalue weighted by atomic mass is 79.9. The smallest absolute Gasteiger partial charge is 0.338 e. The Morgan fingerprint density at radius 2 is 1.75 bits per heavy atom. The van der Waals surface area contributed by atoms with Gasteiger partial charge >= 0.3 is 5.97 Å². The van der Waals surface area contributed by atoms with Crippen molar-refractivity contribution in [1.29, 1.82) is 0 Å². The first-order chi connectivity index (χ1) is 11.3. The normalized spacial score (nSPS) is 10.3. The van der Waals surface area contributed by atoms with E-state index in [4.69, 9.17) is 4.74 Å². The van der Waals surface area contributed by atoms with Gasteiger partial charge in [0.2, 0.25) is 5.78 Å². The van der Waals surface area contributed by atoms with Crippen molar-refractivity contribution in [1.82, 2.24) is 0 Å². The third kappa shape index (κ3) is 4.27. The molecule has 0 amide bonds. The number of rotatable bonds is 5. The molecule has 0 saturated heterocycles. The Balaban J connectivity index is 2.07. The zero-order valence-corrected chi connectivity index (χ0v) is 15.6. The minimum Gasteiger partial charge on any atom is -0.454 e. The average Bonchev–Trinajstić information content (AvgIpc) is 2.56. The van der Waals surface area contributed by atoms with E-state index in [9.17, 15) is 19.7 Å². The molecular formula is C16H11Br2NO5. The van der Waals surface area contributed by atoms with Crippen molar-refractivity contribution >= 4 is 49.3 Å². The van der Waals surface area contributed by atoms with Gasteiger partial charge in [-0.25, -0.2) is 4.79 Å². The minimum absolute atomic E-state index is 0.114. The van der Waals surface area contributed by atoms with E-state index in [0.29, 0.717) is 0 Å². The van der Waals surface area contributed by atoms with Crippen LogP contribution in [0.5, 0.6) is 0 Å². The lowest BCUT2D eigenvalue weighted by atomic mass is 10.1. The Morgan fingerprint density at radius 1 is 1.12 bits per heavy atom. The molecule has 0 heterocycles. The molecular weight excluding hydrogens is 446 g/mol. The van der Waals surface area contributed by atoms with Gasteiger partial charge in [-0.1, -0.05) is 44.0 Å². The summed E-state index contributed by atoms with van der Waals surface area (Å²) in [7, 11) is 0. The molecule has 2 rings (SSSR count).